The second-order valence-corrected chi connectivity index (χ2v) is 10.3. The molecule has 200 valence electrons. The average Bonchev–Trinajstić information content (AvgIpc) is 3.60. The van der Waals surface area contributed by atoms with Crippen molar-refractivity contribution in [3.8, 4) is 6.07 Å². The zero-order valence-corrected chi connectivity index (χ0v) is 23.4. The van der Waals surface area contributed by atoms with E-state index in [1.54, 1.807) is 10.9 Å². The molecule has 2 saturated heterocycles. The van der Waals surface area contributed by atoms with E-state index in [1.165, 1.54) is 18.4 Å². The van der Waals surface area contributed by atoms with Gasteiger partial charge in [0, 0.05) is 82.1 Å². The first-order valence-corrected chi connectivity index (χ1v) is 13.7. The Morgan fingerprint density at radius 1 is 1.13 bits per heavy atom. The number of piperazine rings is 1. The van der Waals surface area contributed by atoms with Crippen LogP contribution in [0.15, 0.2) is 66.7 Å². The monoisotopic (exact) mass is 511 g/mol. The third-order valence-corrected chi connectivity index (χ3v) is 7.68. The molecule has 0 saturated carbocycles. The largest absolute Gasteiger partial charge is 0.372 e. The second kappa shape index (κ2) is 12.9. The van der Waals surface area contributed by atoms with E-state index >= 15 is 0 Å². The van der Waals surface area contributed by atoms with E-state index in [-0.39, 0.29) is 0 Å². The molecular formula is C31H41N7. The van der Waals surface area contributed by atoms with Gasteiger partial charge in [-0.25, -0.2) is 0 Å². The van der Waals surface area contributed by atoms with Gasteiger partial charge >= 0.3 is 0 Å². The van der Waals surface area contributed by atoms with Crippen molar-refractivity contribution in [2.45, 2.75) is 46.2 Å². The smallest absolute Gasteiger partial charge is 0.103 e. The van der Waals surface area contributed by atoms with Gasteiger partial charge in [-0.05, 0) is 56.9 Å². The maximum Gasteiger partial charge on any atom is 0.103 e. The molecule has 0 aliphatic carbocycles. The van der Waals surface area contributed by atoms with Crippen molar-refractivity contribution in [2.24, 2.45) is 7.05 Å². The van der Waals surface area contributed by atoms with Crippen molar-refractivity contribution >= 4 is 5.57 Å². The summed E-state index contributed by atoms with van der Waals surface area (Å²) in [5.41, 5.74) is 6.79. The summed E-state index contributed by atoms with van der Waals surface area (Å²) in [6.07, 6.45) is 14.8. The molecule has 2 aliphatic rings. The molecular weight excluding hydrogens is 470 g/mol. The lowest BCUT2D eigenvalue weighted by atomic mass is 9.97. The molecule has 2 aromatic heterocycles. The van der Waals surface area contributed by atoms with Crippen LogP contribution in [0.5, 0.6) is 0 Å². The maximum atomic E-state index is 9.78. The summed E-state index contributed by atoms with van der Waals surface area (Å²) in [6, 6.07) is 6.90. The summed E-state index contributed by atoms with van der Waals surface area (Å²) < 4.78 is 1.80. The molecule has 1 unspecified atom stereocenters. The first kappa shape index (κ1) is 27.6. The lowest BCUT2D eigenvalue weighted by molar-refractivity contribution is 0.112. The topological polar surface area (TPSA) is 64.2 Å². The van der Waals surface area contributed by atoms with E-state index in [0.717, 1.165) is 74.0 Å². The van der Waals surface area contributed by atoms with Gasteiger partial charge in [-0.2, -0.15) is 10.4 Å². The van der Waals surface area contributed by atoms with Gasteiger partial charge < -0.3 is 4.90 Å². The lowest BCUT2D eigenvalue weighted by Crippen LogP contribution is -2.48. The Morgan fingerprint density at radius 2 is 1.87 bits per heavy atom. The van der Waals surface area contributed by atoms with Gasteiger partial charge in [0.05, 0.1) is 17.5 Å². The molecule has 0 bridgehead atoms. The fourth-order valence-corrected chi connectivity index (χ4v) is 5.27. The Morgan fingerprint density at radius 3 is 2.50 bits per heavy atom. The highest BCUT2D eigenvalue weighted by Gasteiger charge is 2.21. The van der Waals surface area contributed by atoms with Gasteiger partial charge in [-0.15, -0.1) is 0 Å². The molecule has 1 atom stereocenters. The van der Waals surface area contributed by atoms with Crippen molar-refractivity contribution < 1.29 is 0 Å². The highest BCUT2D eigenvalue weighted by Crippen LogP contribution is 2.30. The van der Waals surface area contributed by atoms with Gasteiger partial charge in [0.2, 0.25) is 0 Å². The van der Waals surface area contributed by atoms with Crippen LogP contribution in [0.3, 0.4) is 0 Å². The molecule has 2 aromatic rings. The molecule has 7 heteroatoms. The number of aromatic nitrogens is 3. The van der Waals surface area contributed by atoms with Gasteiger partial charge in [0.25, 0.3) is 0 Å². The van der Waals surface area contributed by atoms with Crippen LogP contribution in [-0.4, -0.2) is 74.8 Å². The summed E-state index contributed by atoms with van der Waals surface area (Å²) in [6.45, 7) is 17.9. The number of nitrogens with zero attached hydrogens (tertiary/aromatic N) is 7. The normalized spacial score (nSPS) is 18.8. The van der Waals surface area contributed by atoms with Crippen LogP contribution in [0.4, 0.5) is 0 Å². The van der Waals surface area contributed by atoms with Crippen molar-refractivity contribution in [3.05, 3.63) is 89.2 Å². The molecule has 0 spiro atoms. The number of hydrogen-bond donors (Lipinski definition) is 0. The molecule has 38 heavy (non-hydrogen) atoms. The average molecular weight is 512 g/mol. The van der Waals surface area contributed by atoms with Crippen molar-refractivity contribution in [1.82, 2.24) is 29.5 Å². The number of allylic oxidation sites excluding steroid dienone is 5. The predicted molar refractivity (Wildman–Crippen MR) is 154 cm³/mol. The van der Waals surface area contributed by atoms with E-state index < -0.39 is 0 Å². The van der Waals surface area contributed by atoms with Crippen LogP contribution in [0.25, 0.3) is 5.57 Å². The van der Waals surface area contributed by atoms with E-state index in [9.17, 15) is 5.26 Å². The number of aryl methyl sites for hydroxylation is 2. The van der Waals surface area contributed by atoms with E-state index in [2.05, 4.69) is 87.7 Å². The van der Waals surface area contributed by atoms with Crippen molar-refractivity contribution in [1.29, 1.82) is 5.26 Å². The summed E-state index contributed by atoms with van der Waals surface area (Å²) in [4.78, 5) is 11.8. The van der Waals surface area contributed by atoms with Gasteiger partial charge in [0.15, 0.2) is 0 Å². The van der Waals surface area contributed by atoms with Crippen LogP contribution in [-0.2, 0) is 13.6 Å². The highest BCUT2D eigenvalue weighted by atomic mass is 15.3. The van der Waals surface area contributed by atoms with E-state index in [0.29, 0.717) is 11.6 Å². The third-order valence-electron chi connectivity index (χ3n) is 7.68. The van der Waals surface area contributed by atoms with Crippen LogP contribution >= 0.6 is 0 Å². The molecule has 0 radical (unpaired) electrons. The van der Waals surface area contributed by atoms with Crippen LogP contribution in [0, 0.1) is 18.3 Å². The van der Waals surface area contributed by atoms with Crippen LogP contribution < -0.4 is 0 Å². The molecule has 7 nitrogen and oxygen atoms in total. The van der Waals surface area contributed by atoms with Gasteiger partial charge in [-0.1, -0.05) is 30.9 Å². The Bertz CT molecular complexity index is 1230. The number of pyridine rings is 1. The molecule has 0 N–H and O–H groups in total. The summed E-state index contributed by atoms with van der Waals surface area (Å²) in [7, 11) is 1.90. The van der Waals surface area contributed by atoms with Gasteiger partial charge in [-0.3, -0.25) is 19.5 Å². The number of hydrogen-bond acceptors (Lipinski definition) is 6. The molecule has 2 aliphatic heterocycles. The molecule has 0 amide bonds. The number of rotatable bonds is 9. The van der Waals surface area contributed by atoms with Crippen LogP contribution in [0.1, 0.15) is 49.2 Å². The van der Waals surface area contributed by atoms with E-state index in [4.69, 9.17) is 0 Å². The zero-order chi connectivity index (χ0) is 27.1. The Kier molecular flexibility index (Phi) is 9.33. The summed E-state index contributed by atoms with van der Waals surface area (Å²) in [5, 5.41) is 14.2. The summed E-state index contributed by atoms with van der Waals surface area (Å²) >= 11 is 0. The molecule has 4 rings (SSSR count). The van der Waals surface area contributed by atoms with Crippen LogP contribution in [0.2, 0.25) is 0 Å². The molecule has 0 aromatic carbocycles. The standard InChI is InChI=1S/C31H41N7/c1-6-28(30(19-26(4)37-13-7-8-14-37)31-29(20-32)22-34-35(31)5)12-10-25(3)38-17-15-36(16-18-38)23-27-11-9-24(2)33-21-27/h6,9-12,19,21-22,25H,4,7-8,13-18,23H2,1-3,5H3/b12-10-,28-6+,30-19-. The summed E-state index contributed by atoms with van der Waals surface area (Å²) in [5.74, 6) is 0. The third kappa shape index (κ3) is 6.69. The van der Waals surface area contributed by atoms with Crippen molar-refractivity contribution in [3.63, 3.8) is 0 Å². The lowest BCUT2D eigenvalue weighted by Gasteiger charge is -2.37. The van der Waals surface area contributed by atoms with Gasteiger partial charge in [0.1, 0.15) is 6.07 Å². The zero-order valence-electron chi connectivity index (χ0n) is 23.4. The second-order valence-electron chi connectivity index (χ2n) is 10.3. The van der Waals surface area contributed by atoms with Crippen molar-refractivity contribution in [2.75, 3.05) is 39.3 Å². The first-order valence-electron chi connectivity index (χ1n) is 13.7. The minimum atomic E-state index is 0.304. The molecule has 2 fully saturated rings. The van der Waals surface area contributed by atoms with E-state index in [1.807, 2.05) is 20.2 Å². The number of likely N-dealkylation sites (tertiary alicyclic amines) is 1. The first-order chi connectivity index (χ1) is 18.4. The quantitative estimate of drug-likeness (QED) is 0.455. The highest BCUT2D eigenvalue weighted by molar-refractivity contribution is 5.84. The maximum absolute atomic E-state index is 9.78. The minimum Gasteiger partial charge on any atom is -0.372 e. The minimum absolute atomic E-state index is 0.304. The molecule has 4 heterocycles. The Labute approximate surface area is 228 Å². The Hall–Kier alpha value is -3.47. The number of nitriles is 1. The SMILES string of the molecule is C=C(/C=C(C(/C=C\C(C)N1CCN(Cc2ccc(C)nc2)CC1)=C/C)\c1c(C#N)cnn1C)N1CCCC1. The Balaban J connectivity index is 1.46. The fraction of sp³-hybridized carbons (Fsp3) is 0.452. The fourth-order valence-electron chi connectivity index (χ4n) is 5.27. The predicted octanol–water partition coefficient (Wildman–Crippen LogP) is 4.70.